The fraction of sp³-hybridized carbons (Fsp3) is 0.556. The second-order valence-electron chi connectivity index (χ2n) is 6.40. The Balaban J connectivity index is 1.72. The third-order valence-corrected chi connectivity index (χ3v) is 5.52. The third kappa shape index (κ3) is 5.56. The zero-order valence-electron chi connectivity index (χ0n) is 14.9. The van der Waals surface area contributed by atoms with Gasteiger partial charge in [-0.2, -0.15) is 0 Å². The highest BCUT2D eigenvalue weighted by Gasteiger charge is 2.29. The summed E-state index contributed by atoms with van der Waals surface area (Å²) in [5.74, 6) is 0.520. The van der Waals surface area contributed by atoms with Crippen molar-refractivity contribution in [2.75, 3.05) is 6.54 Å². The molecule has 138 valence electrons. The van der Waals surface area contributed by atoms with Crippen LogP contribution in [0.15, 0.2) is 34.2 Å². The molecule has 0 bridgehead atoms. The average molecular weight is 365 g/mol. The summed E-state index contributed by atoms with van der Waals surface area (Å²) in [6.07, 6.45) is 5.12. The van der Waals surface area contributed by atoms with Crippen molar-refractivity contribution in [3.63, 3.8) is 0 Å². The van der Waals surface area contributed by atoms with E-state index in [4.69, 9.17) is 0 Å². The van der Waals surface area contributed by atoms with Gasteiger partial charge in [0.1, 0.15) is 5.84 Å². The van der Waals surface area contributed by atoms with Gasteiger partial charge in [-0.25, -0.2) is 8.42 Å². The molecule has 6 nitrogen and oxygen atoms in total. The molecule has 0 saturated heterocycles. The molecule has 1 atom stereocenters. The molecule has 0 fully saturated rings. The van der Waals surface area contributed by atoms with Gasteiger partial charge in [0.05, 0.1) is 4.90 Å². The van der Waals surface area contributed by atoms with Crippen molar-refractivity contribution in [1.82, 2.24) is 10.0 Å². The molecule has 2 rings (SSSR count). The number of unbranched alkanes of at least 4 members (excludes halogenated alkanes) is 2. The lowest BCUT2D eigenvalue weighted by Gasteiger charge is -2.12. The summed E-state index contributed by atoms with van der Waals surface area (Å²) in [5, 5.41) is 2.99. The number of carbonyl (C=O) groups is 1. The summed E-state index contributed by atoms with van der Waals surface area (Å²) in [5.41, 5.74) is 0.631. The lowest BCUT2D eigenvalue weighted by Crippen LogP contribution is -2.32. The van der Waals surface area contributed by atoms with E-state index in [-0.39, 0.29) is 16.8 Å². The van der Waals surface area contributed by atoms with E-state index in [1.165, 1.54) is 0 Å². The van der Waals surface area contributed by atoms with Gasteiger partial charge in [-0.15, -0.1) is 0 Å². The quantitative estimate of drug-likeness (QED) is 0.659. The molecule has 0 radical (unpaired) electrons. The summed E-state index contributed by atoms with van der Waals surface area (Å²) in [7, 11) is -3.46. The van der Waals surface area contributed by atoms with Gasteiger partial charge in [0.25, 0.3) is 10.0 Å². The first kappa shape index (κ1) is 19.4. The number of carbonyl (C=O) groups excluding carboxylic acids is 1. The third-order valence-electron chi connectivity index (χ3n) is 4.12. The maximum atomic E-state index is 12.0. The molecule has 0 unspecified atom stereocenters. The largest absolute Gasteiger partial charge is 0.354 e. The maximum absolute atomic E-state index is 12.0. The smallest absolute Gasteiger partial charge is 0.263 e. The van der Waals surface area contributed by atoms with Crippen LogP contribution < -0.4 is 10.0 Å². The lowest BCUT2D eigenvalue weighted by molar-refractivity contribution is -0.121. The van der Waals surface area contributed by atoms with Crippen LogP contribution in [0.2, 0.25) is 0 Å². The Morgan fingerprint density at radius 2 is 2.00 bits per heavy atom. The summed E-state index contributed by atoms with van der Waals surface area (Å²) in [6.45, 7) is 4.67. The zero-order valence-corrected chi connectivity index (χ0v) is 15.7. The van der Waals surface area contributed by atoms with E-state index >= 15 is 0 Å². The van der Waals surface area contributed by atoms with E-state index in [2.05, 4.69) is 22.0 Å². The minimum Gasteiger partial charge on any atom is -0.354 e. The number of sulfonamides is 1. The zero-order chi connectivity index (χ0) is 18.3. The molecule has 1 aliphatic rings. The Bertz CT molecular complexity index is 729. The van der Waals surface area contributed by atoms with Crippen molar-refractivity contribution in [3.05, 3.63) is 29.8 Å². The van der Waals surface area contributed by atoms with Crippen LogP contribution in [-0.2, 0) is 14.8 Å². The number of amidine groups is 1. The van der Waals surface area contributed by atoms with Gasteiger partial charge in [-0.3, -0.25) is 14.5 Å². The maximum Gasteiger partial charge on any atom is 0.263 e. The van der Waals surface area contributed by atoms with Crippen LogP contribution in [0.5, 0.6) is 0 Å². The van der Waals surface area contributed by atoms with Crippen LogP contribution in [0.4, 0.5) is 0 Å². The number of hydrogen-bond donors (Lipinski definition) is 2. The first-order chi connectivity index (χ1) is 11.9. The molecule has 0 spiro atoms. The minimum absolute atomic E-state index is 0.102. The van der Waals surface area contributed by atoms with Gasteiger partial charge < -0.3 is 5.32 Å². The Hall–Kier alpha value is -1.89. The van der Waals surface area contributed by atoms with E-state index in [9.17, 15) is 13.2 Å². The summed E-state index contributed by atoms with van der Waals surface area (Å²) in [4.78, 5) is 16.4. The molecule has 0 saturated carbocycles. The fourth-order valence-electron chi connectivity index (χ4n) is 2.87. The number of aliphatic imine (C=N–C) groups is 1. The van der Waals surface area contributed by atoms with Crippen molar-refractivity contribution in [2.45, 2.75) is 63.3 Å². The minimum atomic E-state index is -3.46. The molecule has 1 aromatic carbocycles. The first-order valence-corrected chi connectivity index (χ1v) is 10.4. The van der Waals surface area contributed by atoms with E-state index in [0.717, 1.165) is 32.1 Å². The Labute approximate surface area is 150 Å². The van der Waals surface area contributed by atoms with Gasteiger partial charge in [0, 0.05) is 24.6 Å². The summed E-state index contributed by atoms with van der Waals surface area (Å²) >= 11 is 0. The van der Waals surface area contributed by atoms with Crippen LogP contribution in [0.1, 0.15) is 57.9 Å². The molecular formula is C18H27N3O3S. The molecule has 1 heterocycles. The van der Waals surface area contributed by atoms with Crippen LogP contribution >= 0.6 is 0 Å². The van der Waals surface area contributed by atoms with Crippen molar-refractivity contribution in [2.24, 2.45) is 4.99 Å². The van der Waals surface area contributed by atoms with Crippen LogP contribution in [-0.4, -0.2) is 32.7 Å². The number of nitrogens with zero attached hydrogens (tertiary/aromatic N) is 1. The predicted octanol–water partition coefficient (Wildman–Crippen LogP) is 2.59. The second-order valence-corrected chi connectivity index (χ2v) is 8.05. The van der Waals surface area contributed by atoms with Crippen molar-refractivity contribution in [3.8, 4) is 0 Å². The first-order valence-electron chi connectivity index (χ1n) is 8.90. The highest BCUT2D eigenvalue weighted by molar-refractivity contribution is 7.90. The average Bonchev–Trinajstić information content (AvgIpc) is 2.82. The van der Waals surface area contributed by atoms with Crippen LogP contribution in [0, 0.1) is 0 Å². The van der Waals surface area contributed by atoms with Crippen molar-refractivity contribution < 1.29 is 13.2 Å². The van der Waals surface area contributed by atoms with Crippen LogP contribution in [0.25, 0.3) is 0 Å². The predicted molar refractivity (Wildman–Crippen MR) is 99.1 cm³/mol. The topological polar surface area (TPSA) is 87.6 Å². The van der Waals surface area contributed by atoms with E-state index in [1.807, 2.05) is 6.92 Å². The van der Waals surface area contributed by atoms with E-state index in [1.54, 1.807) is 24.3 Å². The van der Waals surface area contributed by atoms with Gasteiger partial charge in [-0.05, 0) is 38.3 Å². The molecule has 0 aliphatic carbocycles. The fourth-order valence-corrected chi connectivity index (χ4v) is 4.12. The highest BCUT2D eigenvalue weighted by Crippen LogP contribution is 2.22. The van der Waals surface area contributed by atoms with Crippen LogP contribution in [0.3, 0.4) is 0 Å². The van der Waals surface area contributed by atoms with Gasteiger partial charge >= 0.3 is 0 Å². The van der Waals surface area contributed by atoms with Crippen molar-refractivity contribution in [1.29, 1.82) is 0 Å². The van der Waals surface area contributed by atoms with Gasteiger partial charge in [0.15, 0.2) is 0 Å². The van der Waals surface area contributed by atoms with Crippen molar-refractivity contribution >= 4 is 21.8 Å². The number of benzene rings is 1. The Morgan fingerprint density at radius 3 is 2.76 bits per heavy atom. The molecule has 1 amide bonds. The number of fused-ring (bicyclic) bond motifs is 1. The van der Waals surface area contributed by atoms with Gasteiger partial charge in [0.2, 0.25) is 5.91 Å². The Morgan fingerprint density at radius 1 is 1.24 bits per heavy atom. The standard InChI is InChI=1S/C18H27N3O3S/c1-3-9-14(2)20-17(22)12-5-4-8-13-19-18-15-10-6-7-11-16(15)25(23,24)21-18/h6-7,10-11,14H,3-5,8-9,12-13H2,1-2H3,(H,19,21)(H,20,22)/t14-/m1/s1. The van der Waals surface area contributed by atoms with E-state index < -0.39 is 10.0 Å². The molecule has 2 N–H and O–H groups in total. The SMILES string of the molecule is CCC[C@@H](C)NC(=O)CCCCCN=C1NS(=O)(=O)c2ccccc21. The number of hydrogen-bond acceptors (Lipinski definition) is 4. The molecule has 1 aliphatic heterocycles. The molecule has 1 aromatic rings. The normalized spacial score (nSPS) is 17.8. The van der Waals surface area contributed by atoms with E-state index in [0.29, 0.717) is 24.4 Å². The summed E-state index contributed by atoms with van der Waals surface area (Å²) < 4.78 is 26.4. The second kappa shape index (κ2) is 8.99. The number of rotatable bonds is 9. The number of amides is 1. The highest BCUT2D eigenvalue weighted by atomic mass is 32.2. The van der Waals surface area contributed by atoms with Gasteiger partial charge in [-0.1, -0.05) is 31.9 Å². The number of nitrogens with one attached hydrogen (secondary N) is 2. The molecular weight excluding hydrogens is 338 g/mol. The molecule has 0 aromatic heterocycles. The summed E-state index contributed by atoms with van der Waals surface area (Å²) in [6, 6.07) is 7.08. The molecule has 25 heavy (non-hydrogen) atoms. The Kier molecular flexibility index (Phi) is 6.99. The monoisotopic (exact) mass is 365 g/mol. The lowest BCUT2D eigenvalue weighted by atomic mass is 10.1. The molecule has 7 heteroatoms.